The fourth-order valence-electron chi connectivity index (χ4n) is 0. The Hall–Kier alpha value is 0.764. The van der Waals surface area contributed by atoms with E-state index in [-0.39, 0.29) is 0 Å². The van der Waals surface area contributed by atoms with Gasteiger partial charge in [0.15, 0.2) is 0 Å². The zero-order valence-electron chi connectivity index (χ0n) is 2.44. The van der Waals surface area contributed by atoms with Gasteiger partial charge in [-0.2, -0.15) is 0 Å². The van der Waals surface area contributed by atoms with E-state index in [2.05, 4.69) is 15.8 Å². The Labute approximate surface area is 44.1 Å². The Morgan fingerprint density at radius 1 is 1.17 bits per heavy atom. The van der Waals surface area contributed by atoms with Crippen molar-refractivity contribution in [3.8, 4) is 0 Å². The topological polar surface area (TPSA) is 89.4 Å². The summed E-state index contributed by atoms with van der Waals surface area (Å²) < 4.78 is 6.62. The van der Waals surface area contributed by atoms with Crippen molar-refractivity contribution in [2.24, 2.45) is 0 Å². The minimum atomic E-state index is -3.37. The summed E-state index contributed by atoms with van der Waals surface area (Å²) in [5.41, 5.74) is 0. The van der Waals surface area contributed by atoms with E-state index in [9.17, 15) is 0 Å². The van der Waals surface area contributed by atoms with Crippen molar-refractivity contribution >= 4 is 8.60 Å². The van der Waals surface area contributed by atoms with Gasteiger partial charge in [-0.25, -0.2) is 0 Å². The van der Waals surface area contributed by atoms with Crippen LogP contribution in [-0.4, -0.2) is 4.25 Å². The van der Waals surface area contributed by atoms with Crippen molar-refractivity contribution < 1.29 is 34.7 Å². The second-order valence-electron chi connectivity index (χ2n) is 0.224. The molecule has 0 aliphatic rings. The number of rotatable bonds is 0. The molecule has 0 bridgehead atoms. The van der Waals surface area contributed by atoms with Gasteiger partial charge in [0.25, 0.3) is 0 Å². The van der Waals surface area contributed by atoms with E-state index >= 15 is 0 Å². The van der Waals surface area contributed by atoms with E-state index in [4.69, 9.17) is 18.9 Å². The van der Waals surface area contributed by atoms with Crippen LogP contribution in [0.4, 0.5) is 0 Å². The van der Waals surface area contributed by atoms with Crippen LogP contribution in [0, 0.1) is 0 Å². The average Bonchev–Trinajstić information content (AvgIpc) is 1.41. The molecule has 0 rings (SSSR count). The van der Waals surface area contributed by atoms with E-state index < -0.39 is 8.60 Å². The summed E-state index contributed by atoms with van der Waals surface area (Å²) in [4.78, 5) is 25.4. The van der Waals surface area contributed by atoms with Crippen LogP contribution < -0.4 is 14.7 Å². The van der Waals surface area contributed by atoms with Crippen LogP contribution in [0.25, 0.3) is 0 Å². The van der Waals surface area contributed by atoms with Gasteiger partial charge in [-0.1, -0.05) is 0 Å². The fourth-order valence-corrected chi connectivity index (χ4v) is 0. The summed E-state index contributed by atoms with van der Waals surface area (Å²) in [5, 5.41) is 0. The Bertz CT molecular complexity index is 12.3. The minimum absolute atomic E-state index is 2.88. The molecule has 0 aromatic heterocycles. The van der Waals surface area contributed by atoms with Crippen LogP contribution in [0.15, 0.2) is 0 Å². The van der Waals surface area contributed by atoms with E-state index in [1.807, 2.05) is 0 Å². The second kappa shape index (κ2) is 9.23. The van der Waals surface area contributed by atoms with Gasteiger partial charge in [-0.05, 0) is 0 Å². The van der Waals surface area contributed by atoms with Gasteiger partial charge in [0.05, 0.1) is 0 Å². The molecule has 1 N–H and O–H groups in total. The monoisotopic (exact) mass is 154 g/mol. The SMILES string of the molecule is [O-]P([O-])[O-].[OH][Ni+3]. The van der Waals surface area contributed by atoms with Crippen molar-refractivity contribution in [2.45, 2.75) is 0 Å². The molecule has 0 aromatic rings. The molecule has 6 heavy (non-hydrogen) atoms. The van der Waals surface area contributed by atoms with E-state index in [1.54, 1.807) is 0 Å². The molecule has 0 aliphatic carbocycles. The average molecular weight is 155 g/mol. The van der Waals surface area contributed by atoms with E-state index in [1.165, 1.54) is 0 Å². The van der Waals surface area contributed by atoms with Crippen molar-refractivity contribution in [1.29, 1.82) is 0 Å². The quantitative estimate of drug-likeness (QED) is 0.293. The molecule has 4 nitrogen and oxygen atoms in total. The molecule has 0 spiro atoms. The van der Waals surface area contributed by atoms with Crippen LogP contribution in [0.5, 0.6) is 0 Å². The third-order valence-corrected chi connectivity index (χ3v) is 0. The molecule has 0 heterocycles. The zero-order chi connectivity index (χ0) is 5.58. The summed E-state index contributed by atoms with van der Waals surface area (Å²) in [5.74, 6) is 0. The normalized spacial score (nSPS) is 7.00. The van der Waals surface area contributed by atoms with Gasteiger partial charge in [0, 0.05) is 0 Å². The molecule has 0 atom stereocenters. The molecule has 0 saturated carbocycles. The standard InChI is InChI=1S/Ni.O3P.H2O/c;1-4(2)3;/h;;1H2/q+4;-3;/p-1. The van der Waals surface area contributed by atoms with Crippen molar-refractivity contribution in [3.63, 3.8) is 0 Å². The summed E-state index contributed by atoms with van der Waals surface area (Å²) in [6, 6.07) is 0. The van der Waals surface area contributed by atoms with Gasteiger partial charge < -0.3 is 23.3 Å². The van der Waals surface area contributed by atoms with Crippen molar-refractivity contribution in [2.75, 3.05) is 0 Å². The van der Waals surface area contributed by atoms with Crippen LogP contribution in [0.1, 0.15) is 0 Å². The summed E-state index contributed by atoms with van der Waals surface area (Å²) in [6.45, 7) is 0. The predicted molar refractivity (Wildman–Crippen MR) is 9.14 cm³/mol. The summed E-state index contributed by atoms with van der Waals surface area (Å²) in [7, 11) is -3.37. The van der Waals surface area contributed by atoms with Crippen molar-refractivity contribution in [1.82, 2.24) is 0 Å². The molecule has 0 saturated heterocycles. The van der Waals surface area contributed by atoms with Crippen LogP contribution in [-0.2, 0) is 15.8 Å². The second-order valence-corrected chi connectivity index (χ2v) is 0.671. The van der Waals surface area contributed by atoms with Crippen LogP contribution >= 0.6 is 8.60 Å². The molecule has 6 heteroatoms. The fraction of sp³-hybridized carbons (Fsp3) is 0. The van der Waals surface area contributed by atoms with Gasteiger partial charge in [-0.3, -0.25) is 0 Å². The van der Waals surface area contributed by atoms with Crippen molar-refractivity contribution in [3.05, 3.63) is 0 Å². The maximum atomic E-state index is 8.48. The maximum absolute atomic E-state index is 8.48. The summed E-state index contributed by atoms with van der Waals surface area (Å²) >= 11 is 2.88. The van der Waals surface area contributed by atoms with Gasteiger partial charge in [0.2, 0.25) is 0 Å². The van der Waals surface area contributed by atoms with E-state index in [0.29, 0.717) is 0 Å². The zero-order valence-corrected chi connectivity index (χ0v) is 4.32. The molecular formula is HNiO4P. The molecular weight excluding hydrogens is 154 g/mol. The Morgan fingerprint density at radius 2 is 1.17 bits per heavy atom. The molecule has 0 fully saturated rings. The first kappa shape index (κ1) is 9.90. The number of hydrogen-bond acceptors (Lipinski definition) is 4. The van der Waals surface area contributed by atoms with E-state index in [0.717, 1.165) is 0 Å². The molecule has 0 radical (unpaired) electrons. The molecule has 0 unspecified atom stereocenters. The Balaban J connectivity index is 0. The first-order valence-electron chi connectivity index (χ1n) is 0.689. The van der Waals surface area contributed by atoms with Gasteiger partial charge >= 0.3 is 20.0 Å². The number of hydrogen-bond donors (Lipinski definition) is 1. The first-order chi connectivity index (χ1) is 2.73. The van der Waals surface area contributed by atoms with Gasteiger partial charge in [-0.15, -0.1) is 0 Å². The van der Waals surface area contributed by atoms with Gasteiger partial charge in [0.1, 0.15) is 0 Å². The molecule has 0 amide bonds. The van der Waals surface area contributed by atoms with Crippen LogP contribution in [0.3, 0.4) is 0 Å². The Morgan fingerprint density at radius 3 is 1.17 bits per heavy atom. The third-order valence-electron chi connectivity index (χ3n) is 0. The molecule has 0 aromatic carbocycles. The molecule has 40 valence electrons. The summed E-state index contributed by atoms with van der Waals surface area (Å²) in [6.07, 6.45) is 0. The Kier molecular flexibility index (Phi) is 15.2. The predicted octanol–water partition coefficient (Wildman–Crippen LogP) is -3.27. The molecule has 0 aliphatic heterocycles. The van der Waals surface area contributed by atoms with Crippen LogP contribution in [0.2, 0.25) is 0 Å². The first-order valence-corrected chi connectivity index (χ1v) is 2.23. The third kappa shape index (κ3) is 116.